The van der Waals surface area contributed by atoms with Crippen LogP contribution in [0.5, 0.6) is 0 Å². The van der Waals surface area contributed by atoms with E-state index < -0.39 is 0 Å². The van der Waals surface area contributed by atoms with Gasteiger partial charge in [0.25, 0.3) is 0 Å². The molecular weight excluding hydrogens is 331 g/mol. The smallest absolute Gasteiger partial charge is 0.180 e. The second-order valence-electron chi connectivity index (χ2n) is 4.24. The first-order chi connectivity index (χ1) is 8.25. The first-order valence-electron chi connectivity index (χ1n) is 5.74. The highest BCUT2D eigenvalue weighted by Crippen LogP contribution is 2.26. The minimum atomic E-state index is 0.0193. The van der Waals surface area contributed by atoms with Crippen molar-refractivity contribution in [2.75, 3.05) is 6.61 Å². The Morgan fingerprint density at radius 1 is 1.47 bits per heavy atom. The highest BCUT2D eigenvalue weighted by Gasteiger charge is 2.21. The Kier molecular flexibility index (Phi) is 2.99. The summed E-state index contributed by atoms with van der Waals surface area (Å²) < 4.78 is 8.53. The number of hydrogen-bond acceptors (Lipinski definition) is 4. The van der Waals surface area contributed by atoms with Gasteiger partial charge in [0, 0.05) is 12.8 Å². The summed E-state index contributed by atoms with van der Waals surface area (Å²) in [5, 5.41) is 4.51. The van der Waals surface area contributed by atoms with E-state index in [0.29, 0.717) is 0 Å². The number of rotatable bonds is 1. The third-order valence-electron chi connectivity index (χ3n) is 2.91. The van der Waals surface area contributed by atoms with Gasteiger partial charge in [-0.3, -0.25) is 0 Å². The van der Waals surface area contributed by atoms with E-state index in [4.69, 9.17) is 4.74 Å². The van der Waals surface area contributed by atoms with Gasteiger partial charge in [0.1, 0.15) is 5.52 Å². The van der Waals surface area contributed by atoms with Crippen molar-refractivity contribution in [3.8, 4) is 0 Å². The summed E-state index contributed by atoms with van der Waals surface area (Å²) >= 11 is 2.20. The molecule has 1 unspecified atom stereocenters. The molecule has 0 aromatic carbocycles. The van der Waals surface area contributed by atoms with Gasteiger partial charge in [-0.2, -0.15) is 5.10 Å². The molecule has 6 heteroatoms. The lowest BCUT2D eigenvalue weighted by atomic mass is 10.2. The Morgan fingerprint density at radius 3 is 3.12 bits per heavy atom. The van der Waals surface area contributed by atoms with Crippen LogP contribution in [0.1, 0.15) is 31.2 Å². The highest BCUT2D eigenvalue weighted by atomic mass is 127. The van der Waals surface area contributed by atoms with Crippen LogP contribution in [0.2, 0.25) is 0 Å². The first kappa shape index (κ1) is 11.3. The molecular formula is C11H13IN4O. The number of halogens is 1. The predicted molar refractivity (Wildman–Crippen MR) is 71.6 cm³/mol. The van der Waals surface area contributed by atoms with Gasteiger partial charge in [-0.05, 0) is 48.8 Å². The molecule has 1 fully saturated rings. The number of hydrogen-bond donors (Lipinski definition) is 0. The van der Waals surface area contributed by atoms with Crippen LogP contribution >= 0.6 is 22.6 Å². The molecule has 1 aliphatic rings. The van der Waals surface area contributed by atoms with E-state index in [-0.39, 0.29) is 6.23 Å². The molecule has 1 saturated heterocycles. The molecule has 0 amide bonds. The molecule has 1 atom stereocenters. The number of ether oxygens (including phenoxy) is 1. The standard InChI is InChI=1S/C11H13IN4O/c1-7-6-13-9-10(12)15-16(11(9)14-7)8-4-2-3-5-17-8/h6,8H,2-5H2,1H3. The van der Waals surface area contributed by atoms with E-state index in [9.17, 15) is 0 Å². The van der Waals surface area contributed by atoms with E-state index in [1.807, 2.05) is 11.6 Å². The molecule has 3 rings (SSSR count). The molecule has 0 bridgehead atoms. The van der Waals surface area contributed by atoms with Crippen LogP contribution in [0.3, 0.4) is 0 Å². The normalized spacial score (nSPS) is 20.9. The summed E-state index contributed by atoms with van der Waals surface area (Å²) in [6, 6.07) is 0. The first-order valence-corrected chi connectivity index (χ1v) is 6.82. The molecule has 0 spiro atoms. The van der Waals surface area contributed by atoms with Crippen LogP contribution in [-0.2, 0) is 4.74 Å². The van der Waals surface area contributed by atoms with Crippen LogP contribution in [0.4, 0.5) is 0 Å². The van der Waals surface area contributed by atoms with Gasteiger partial charge in [0.15, 0.2) is 15.6 Å². The summed E-state index contributed by atoms with van der Waals surface area (Å²) in [4.78, 5) is 8.91. The summed E-state index contributed by atoms with van der Waals surface area (Å²) in [6.07, 6.45) is 5.12. The predicted octanol–water partition coefficient (Wildman–Crippen LogP) is 2.44. The zero-order valence-electron chi connectivity index (χ0n) is 9.56. The monoisotopic (exact) mass is 344 g/mol. The number of fused-ring (bicyclic) bond motifs is 1. The summed E-state index contributed by atoms with van der Waals surface area (Å²) in [7, 11) is 0. The van der Waals surface area contributed by atoms with Gasteiger partial charge < -0.3 is 4.74 Å². The Labute approximate surface area is 113 Å². The zero-order valence-corrected chi connectivity index (χ0v) is 11.7. The molecule has 0 N–H and O–H groups in total. The quantitative estimate of drug-likeness (QED) is 0.746. The van der Waals surface area contributed by atoms with E-state index >= 15 is 0 Å². The van der Waals surface area contributed by atoms with Crippen molar-refractivity contribution < 1.29 is 4.74 Å². The van der Waals surface area contributed by atoms with Crippen molar-refractivity contribution in [2.45, 2.75) is 32.4 Å². The average molecular weight is 344 g/mol. The Hall–Kier alpha value is -0.760. The van der Waals surface area contributed by atoms with Crippen molar-refractivity contribution in [3.05, 3.63) is 15.6 Å². The summed E-state index contributed by atoms with van der Waals surface area (Å²) in [5.41, 5.74) is 2.61. The fourth-order valence-corrected chi connectivity index (χ4v) is 2.69. The molecule has 90 valence electrons. The Bertz CT molecular complexity index is 548. The van der Waals surface area contributed by atoms with Crippen molar-refractivity contribution in [2.24, 2.45) is 0 Å². The molecule has 2 aromatic rings. The van der Waals surface area contributed by atoms with Crippen LogP contribution < -0.4 is 0 Å². The molecule has 0 radical (unpaired) electrons. The van der Waals surface area contributed by atoms with Gasteiger partial charge in [-0.15, -0.1) is 0 Å². The van der Waals surface area contributed by atoms with E-state index in [0.717, 1.165) is 40.0 Å². The minimum Gasteiger partial charge on any atom is -0.356 e. The molecule has 2 aromatic heterocycles. The molecule has 17 heavy (non-hydrogen) atoms. The van der Waals surface area contributed by atoms with Gasteiger partial charge in [0.2, 0.25) is 0 Å². The fourth-order valence-electron chi connectivity index (χ4n) is 2.08. The SMILES string of the molecule is Cc1cnc2c(I)nn(C3CCCCO3)c2n1. The number of aromatic nitrogens is 4. The molecule has 5 nitrogen and oxygen atoms in total. The molecule has 3 heterocycles. The van der Waals surface area contributed by atoms with Crippen molar-refractivity contribution >= 4 is 33.8 Å². The molecule has 1 aliphatic heterocycles. The van der Waals surface area contributed by atoms with Gasteiger partial charge >= 0.3 is 0 Å². The van der Waals surface area contributed by atoms with Gasteiger partial charge in [0.05, 0.1) is 5.69 Å². The summed E-state index contributed by atoms with van der Waals surface area (Å²) in [5.74, 6) is 0. The zero-order chi connectivity index (χ0) is 11.8. The van der Waals surface area contributed by atoms with Gasteiger partial charge in [-0.1, -0.05) is 0 Å². The average Bonchev–Trinajstić information content (AvgIpc) is 2.67. The Balaban J connectivity index is 2.11. The van der Waals surface area contributed by atoms with E-state index in [2.05, 4.69) is 37.7 Å². The molecule has 0 aliphatic carbocycles. The Morgan fingerprint density at radius 2 is 2.35 bits per heavy atom. The topological polar surface area (TPSA) is 52.8 Å². The van der Waals surface area contributed by atoms with Crippen molar-refractivity contribution in [1.29, 1.82) is 0 Å². The lowest BCUT2D eigenvalue weighted by Gasteiger charge is -2.22. The lowest BCUT2D eigenvalue weighted by molar-refractivity contribution is -0.0372. The number of aryl methyl sites for hydroxylation is 1. The van der Waals surface area contributed by atoms with Crippen LogP contribution in [-0.4, -0.2) is 26.4 Å². The van der Waals surface area contributed by atoms with Crippen molar-refractivity contribution in [3.63, 3.8) is 0 Å². The lowest BCUT2D eigenvalue weighted by Crippen LogP contribution is -2.19. The second-order valence-corrected chi connectivity index (χ2v) is 5.26. The van der Waals surface area contributed by atoms with Crippen LogP contribution in [0, 0.1) is 10.6 Å². The van der Waals surface area contributed by atoms with E-state index in [1.165, 1.54) is 6.42 Å². The van der Waals surface area contributed by atoms with Crippen molar-refractivity contribution in [1.82, 2.24) is 19.7 Å². The minimum absolute atomic E-state index is 0.0193. The largest absolute Gasteiger partial charge is 0.356 e. The maximum absolute atomic E-state index is 5.75. The van der Waals surface area contributed by atoms with Gasteiger partial charge in [-0.25, -0.2) is 14.6 Å². The summed E-state index contributed by atoms with van der Waals surface area (Å²) in [6.45, 7) is 2.75. The maximum Gasteiger partial charge on any atom is 0.180 e. The number of nitrogens with zero attached hydrogens (tertiary/aromatic N) is 4. The second kappa shape index (κ2) is 4.49. The third kappa shape index (κ3) is 2.03. The molecule has 0 saturated carbocycles. The maximum atomic E-state index is 5.75. The van der Waals surface area contributed by atoms with Crippen LogP contribution in [0.25, 0.3) is 11.2 Å². The highest BCUT2D eigenvalue weighted by molar-refractivity contribution is 14.1. The fraction of sp³-hybridized carbons (Fsp3) is 0.545. The van der Waals surface area contributed by atoms with E-state index in [1.54, 1.807) is 6.20 Å². The third-order valence-corrected chi connectivity index (χ3v) is 3.64. The van der Waals surface area contributed by atoms with Crippen LogP contribution in [0.15, 0.2) is 6.20 Å².